The monoisotopic (exact) mass is 274 g/mol. The van der Waals surface area contributed by atoms with E-state index in [0.29, 0.717) is 12.1 Å². The molecule has 1 atom stereocenters. The molecule has 0 amide bonds. The predicted molar refractivity (Wildman–Crippen MR) is 83.8 cm³/mol. The third-order valence-corrected chi connectivity index (χ3v) is 4.35. The highest BCUT2D eigenvalue weighted by Crippen LogP contribution is 2.18. The van der Waals surface area contributed by atoms with Gasteiger partial charge < -0.3 is 16.4 Å². The topological polar surface area (TPSA) is 53.3 Å². The molecule has 0 aromatic heterocycles. The zero-order valence-corrected chi connectivity index (χ0v) is 12.1. The molecule has 2 fully saturated rings. The van der Waals surface area contributed by atoms with Gasteiger partial charge in [0.2, 0.25) is 0 Å². The Labute approximate surface area is 121 Å². The Hall–Kier alpha value is -1.10. The van der Waals surface area contributed by atoms with Crippen molar-refractivity contribution in [3.8, 4) is 0 Å². The van der Waals surface area contributed by atoms with Crippen molar-refractivity contribution in [1.29, 1.82) is 0 Å². The van der Waals surface area contributed by atoms with Gasteiger partial charge in [0.05, 0.1) is 0 Å². The summed E-state index contributed by atoms with van der Waals surface area (Å²) in [5.74, 6) is 0. The number of benzene rings is 1. The molecule has 4 N–H and O–H groups in total. The van der Waals surface area contributed by atoms with E-state index in [9.17, 15) is 0 Å². The Morgan fingerprint density at radius 3 is 2.85 bits per heavy atom. The largest absolute Gasteiger partial charge is 0.382 e. The van der Waals surface area contributed by atoms with Crippen molar-refractivity contribution in [3.05, 3.63) is 29.8 Å². The minimum Gasteiger partial charge on any atom is -0.382 e. The van der Waals surface area contributed by atoms with Crippen molar-refractivity contribution in [2.75, 3.05) is 31.5 Å². The maximum atomic E-state index is 5.97. The van der Waals surface area contributed by atoms with Gasteiger partial charge in [-0.3, -0.25) is 4.90 Å². The van der Waals surface area contributed by atoms with Crippen molar-refractivity contribution < 1.29 is 0 Å². The van der Waals surface area contributed by atoms with E-state index in [0.717, 1.165) is 39.1 Å². The molecule has 1 aromatic rings. The highest BCUT2D eigenvalue weighted by Gasteiger charge is 2.19. The number of piperidine rings is 1. The first-order valence-electron chi connectivity index (χ1n) is 7.84. The van der Waals surface area contributed by atoms with E-state index < -0.39 is 0 Å². The van der Waals surface area contributed by atoms with Crippen LogP contribution in [0.1, 0.15) is 24.8 Å². The molecular formula is C16H26N4. The maximum Gasteiger partial charge on any atom is 0.0345 e. The molecule has 0 spiro atoms. The number of nitrogens with two attached hydrogens (primary N) is 1. The van der Waals surface area contributed by atoms with Crippen LogP contribution in [0.4, 0.5) is 5.69 Å². The molecule has 2 heterocycles. The average Bonchev–Trinajstić information content (AvgIpc) is 2.86. The zero-order valence-electron chi connectivity index (χ0n) is 12.1. The Balaban J connectivity index is 1.57. The summed E-state index contributed by atoms with van der Waals surface area (Å²) in [6.45, 7) is 5.44. The minimum absolute atomic E-state index is 0.367. The van der Waals surface area contributed by atoms with E-state index in [1.54, 1.807) is 0 Å². The fraction of sp³-hybridized carbons (Fsp3) is 0.625. The molecular weight excluding hydrogens is 248 g/mol. The summed E-state index contributed by atoms with van der Waals surface area (Å²) in [7, 11) is 0. The summed E-state index contributed by atoms with van der Waals surface area (Å²) in [6, 6.07) is 9.84. The molecule has 3 rings (SSSR count). The highest BCUT2D eigenvalue weighted by molar-refractivity contribution is 5.46. The number of nitrogens with one attached hydrogen (secondary N) is 2. The summed E-state index contributed by atoms with van der Waals surface area (Å²) in [5, 5.41) is 7.08. The molecule has 0 aliphatic carbocycles. The lowest BCUT2D eigenvalue weighted by atomic mass is 10.1. The zero-order chi connectivity index (χ0) is 13.8. The van der Waals surface area contributed by atoms with Crippen LogP contribution in [0.25, 0.3) is 0 Å². The quantitative estimate of drug-likeness (QED) is 0.776. The van der Waals surface area contributed by atoms with Crippen LogP contribution in [0, 0.1) is 0 Å². The van der Waals surface area contributed by atoms with Crippen molar-refractivity contribution in [2.45, 2.75) is 37.9 Å². The molecule has 0 radical (unpaired) electrons. The van der Waals surface area contributed by atoms with Gasteiger partial charge >= 0.3 is 0 Å². The molecule has 2 saturated heterocycles. The van der Waals surface area contributed by atoms with Gasteiger partial charge in [-0.2, -0.15) is 0 Å². The van der Waals surface area contributed by atoms with E-state index in [1.165, 1.54) is 24.1 Å². The fourth-order valence-electron chi connectivity index (χ4n) is 3.23. The normalized spacial score (nSPS) is 24.9. The van der Waals surface area contributed by atoms with Crippen LogP contribution < -0.4 is 16.4 Å². The molecule has 2 aliphatic rings. The molecule has 0 saturated carbocycles. The van der Waals surface area contributed by atoms with Gasteiger partial charge in [-0.15, -0.1) is 0 Å². The molecule has 4 nitrogen and oxygen atoms in total. The lowest BCUT2D eigenvalue weighted by Crippen LogP contribution is -2.35. The van der Waals surface area contributed by atoms with Crippen LogP contribution in [-0.2, 0) is 6.54 Å². The van der Waals surface area contributed by atoms with Gasteiger partial charge in [0.25, 0.3) is 0 Å². The van der Waals surface area contributed by atoms with E-state index in [1.807, 2.05) is 0 Å². The Bertz CT molecular complexity index is 406. The van der Waals surface area contributed by atoms with Gasteiger partial charge in [0, 0.05) is 37.4 Å². The van der Waals surface area contributed by atoms with Crippen molar-refractivity contribution in [3.63, 3.8) is 0 Å². The van der Waals surface area contributed by atoms with Crippen LogP contribution in [0.2, 0.25) is 0 Å². The second kappa shape index (κ2) is 6.57. The van der Waals surface area contributed by atoms with E-state index in [4.69, 9.17) is 5.73 Å². The Morgan fingerprint density at radius 1 is 1.25 bits per heavy atom. The molecule has 1 unspecified atom stereocenters. The van der Waals surface area contributed by atoms with Crippen molar-refractivity contribution >= 4 is 5.69 Å². The Kier molecular flexibility index (Phi) is 4.55. The number of rotatable bonds is 4. The predicted octanol–water partition coefficient (Wildman–Crippen LogP) is 1.38. The lowest BCUT2D eigenvalue weighted by Gasteiger charge is -2.25. The third-order valence-electron chi connectivity index (χ3n) is 4.35. The number of likely N-dealkylation sites (tertiary alicyclic amines) is 1. The molecule has 0 bridgehead atoms. The summed E-state index contributed by atoms with van der Waals surface area (Å²) in [6.07, 6.45) is 3.56. The highest BCUT2D eigenvalue weighted by atomic mass is 15.2. The molecule has 20 heavy (non-hydrogen) atoms. The number of hydrogen-bond donors (Lipinski definition) is 3. The van der Waals surface area contributed by atoms with Gasteiger partial charge in [0.1, 0.15) is 0 Å². The van der Waals surface area contributed by atoms with Crippen LogP contribution in [0.5, 0.6) is 0 Å². The standard InChI is InChI=1S/C16H26N4/c17-14-6-9-20(12-14)11-13-2-1-3-16(10-13)19-15-4-7-18-8-5-15/h1-3,10,14-15,18-19H,4-9,11-12,17H2. The molecule has 110 valence electrons. The van der Waals surface area contributed by atoms with Crippen LogP contribution in [0.3, 0.4) is 0 Å². The summed E-state index contributed by atoms with van der Waals surface area (Å²) in [4.78, 5) is 2.45. The number of hydrogen-bond acceptors (Lipinski definition) is 4. The van der Waals surface area contributed by atoms with E-state index in [2.05, 4.69) is 39.8 Å². The van der Waals surface area contributed by atoms with Crippen LogP contribution >= 0.6 is 0 Å². The first kappa shape index (κ1) is 13.9. The minimum atomic E-state index is 0.367. The molecule has 4 heteroatoms. The summed E-state index contributed by atoms with van der Waals surface area (Å²) >= 11 is 0. The SMILES string of the molecule is NC1CCN(Cc2cccc(NC3CCNCC3)c2)C1. The van der Waals surface area contributed by atoms with Crippen molar-refractivity contribution in [2.24, 2.45) is 5.73 Å². The maximum absolute atomic E-state index is 5.97. The smallest absolute Gasteiger partial charge is 0.0345 e. The number of anilines is 1. The third kappa shape index (κ3) is 3.72. The first-order chi connectivity index (χ1) is 9.79. The Morgan fingerprint density at radius 2 is 2.10 bits per heavy atom. The van der Waals surface area contributed by atoms with E-state index in [-0.39, 0.29) is 0 Å². The fourth-order valence-corrected chi connectivity index (χ4v) is 3.23. The second-order valence-corrected chi connectivity index (χ2v) is 6.15. The number of nitrogens with zero attached hydrogens (tertiary/aromatic N) is 1. The van der Waals surface area contributed by atoms with Gasteiger partial charge in [-0.25, -0.2) is 0 Å². The molecule has 2 aliphatic heterocycles. The van der Waals surface area contributed by atoms with Crippen LogP contribution in [0.15, 0.2) is 24.3 Å². The first-order valence-corrected chi connectivity index (χ1v) is 7.84. The van der Waals surface area contributed by atoms with Gasteiger partial charge in [-0.1, -0.05) is 12.1 Å². The molecule has 1 aromatic carbocycles. The van der Waals surface area contributed by atoms with Crippen molar-refractivity contribution in [1.82, 2.24) is 10.2 Å². The average molecular weight is 274 g/mol. The summed E-state index contributed by atoms with van der Waals surface area (Å²) < 4.78 is 0. The van der Waals surface area contributed by atoms with E-state index >= 15 is 0 Å². The van der Waals surface area contributed by atoms with Gasteiger partial charge in [-0.05, 0) is 50.0 Å². The lowest BCUT2D eigenvalue weighted by molar-refractivity contribution is 0.327. The summed E-state index contributed by atoms with van der Waals surface area (Å²) in [5.41, 5.74) is 8.62. The van der Waals surface area contributed by atoms with Crippen LogP contribution in [-0.4, -0.2) is 43.2 Å². The van der Waals surface area contributed by atoms with Gasteiger partial charge in [0.15, 0.2) is 0 Å². The second-order valence-electron chi connectivity index (χ2n) is 6.15.